The number of nitrogens with one attached hydrogen (secondary N) is 1. The second-order valence-electron chi connectivity index (χ2n) is 6.26. The van der Waals surface area contributed by atoms with Crippen LogP contribution in [0.1, 0.15) is 36.6 Å². The van der Waals surface area contributed by atoms with Crippen molar-refractivity contribution in [3.8, 4) is 0 Å². The van der Waals surface area contributed by atoms with Crippen LogP contribution in [0.25, 0.3) is 0 Å². The maximum Gasteiger partial charge on any atom is 0.313 e. The van der Waals surface area contributed by atoms with Gasteiger partial charge in [-0.25, -0.2) is 0 Å². The van der Waals surface area contributed by atoms with E-state index in [0.29, 0.717) is 12.2 Å². The summed E-state index contributed by atoms with van der Waals surface area (Å²) in [5.41, 5.74) is 2.54. The zero-order valence-electron chi connectivity index (χ0n) is 14.0. The molecule has 0 saturated carbocycles. The van der Waals surface area contributed by atoms with Crippen molar-refractivity contribution in [3.05, 3.63) is 48.0 Å². The smallest absolute Gasteiger partial charge is 0.313 e. The van der Waals surface area contributed by atoms with E-state index in [1.807, 2.05) is 36.9 Å². The summed E-state index contributed by atoms with van der Waals surface area (Å²) in [6.07, 6.45) is 8.07. The Bertz CT molecular complexity index is 753. The lowest BCUT2D eigenvalue weighted by Gasteiger charge is -2.35. The zero-order valence-corrected chi connectivity index (χ0v) is 14.0. The number of amides is 2. The fourth-order valence-corrected chi connectivity index (χ4v) is 3.24. The van der Waals surface area contributed by atoms with Crippen LogP contribution in [-0.4, -0.2) is 32.8 Å². The molecule has 1 aliphatic rings. The van der Waals surface area contributed by atoms with Gasteiger partial charge in [0.05, 0.1) is 17.9 Å². The van der Waals surface area contributed by atoms with Crippen LogP contribution in [-0.2, 0) is 16.6 Å². The number of pyridine rings is 1. The van der Waals surface area contributed by atoms with E-state index in [9.17, 15) is 9.59 Å². The van der Waals surface area contributed by atoms with Crippen molar-refractivity contribution in [2.24, 2.45) is 7.05 Å². The lowest BCUT2D eigenvalue weighted by atomic mass is 9.99. The molecule has 3 rings (SSSR count). The van der Waals surface area contributed by atoms with Gasteiger partial charge in [-0.1, -0.05) is 0 Å². The Labute approximate surface area is 141 Å². The van der Waals surface area contributed by atoms with Gasteiger partial charge >= 0.3 is 11.8 Å². The Balaban J connectivity index is 1.76. The minimum atomic E-state index is -0.608. The molecule has 0 spiro atoms. The van der Waals surface area contributed by atoms with Gasteiger partial charge in [-0.05, 0) is 49.9 Å². The van der Waals surface area contributed by atoms with E-state index in [-0.39, 0.29) is 6.04 Å². The second-order valence-corrected chi connectivity index (χ2v) is 6.26. The maximum atomic E-state index is 12.7. The molecule has 0 unspecified atom stereocenters. The minimum absolute atomic E-state index is 0.0485. The van der Waals surface area contributed by atoms with Crippen LogP contribution >= 0.6 is 0 Å². The topological polar surface area (TPSA) is 67.2 Å². The minimum Gasteiger partial charge on any atom is -0.353 e. The maximum absolute atomic E-state index is 12.7. The molecule has 2 aromatic rings. The molecule has 1 atom stereocenters. The van der Waals surface area contributed by atoms with Crippen LogP contribution < -0.4 is 5.32 Å². The fourth-order valence-electron chi connectivity index (χ4n) is 3.24. The number of anilines is 1. The van der Waals surface area contributed by atoms with Gasteiger partial charge in [0, 0.05) is 31.7 Å². The number of carbonyl (C=O) groups is 2. The Morgan fingerprint density at radius 2 is 2.12 bits per heavy atom. The molecule has 1 saturated heterocycles. The molecule has 0 bridgehead atoms. The molecule has 1 aliphatic heterocycles. The number of nitrogens with zero attached hydrogens (tertiary/aromatic N) is 3. The van der Waals surface area contributed by atoms with Crippen molar-refractivity contribution in [1.29, 1.82) is 0 Å². The fraction of sp³-hybridized carbons (Fsp3) is 0.389. The number of aryl methyl sites for hydroxylation is 2. The Hall–Kier alpha value is -2.63. The largest absolute Gasteiger partial charge is 0.353 e. The van der Waals surface area contributed by atoms with E-state index in [1.54, 1.807) is 23.4 Å². The van der Waals surface area contributed by atoms with Crippen molar-refractivity contribution < 1.29 is 9.59 Å². The molecule has 2 aromatic heterocycles. The highest BCUT2D eigenvalue weighted by Gasteiger charge is 2.32. The van der Waals surface area contributed by atoms with E-state index < -0.39 is 11.8 Å². The van der Waals surface area contributed by atoms with E-state index >= 15 is 0 Å². The summed E-state index contributed by atoms with van der Waals surface area (Å²) >= 11 is 0. The van der Waals surface area contributed by atoms with Crippen molar-refractivity contribution in [2.45, 2.75) is 32.2 Å². The van der Waals surface area contributed by atoms with Crippen molar-refractivity contribution in [2.75, 3.05) is 11.9 Å². The third kappa shape index (κ3) is 3.32. The first kappa shape index (κ1) is 16.2. The number of hydrogen-bond acceptors (Lipinski definition) is 3. The third-order valence-corrected chi connectivity index (χ3v) is 4.42. The molecule has 6 heteroatoms. The van der Waals surface area contributed by atoms with Crippen LogP contribution in [0.2, 0.25) is 0 Å². The summed E-state index contributed by atoms with van der Waals surface area (Å²) in [5, 5.41) is 2.66. The van der Waals surface area contributed by atoms with E-state index in [4.69, 9.17) is 0 Å². The summed E-state index contributed by atoms with van der Waals surface area (Å²) in [7, 11) is 1.96. The molecule has 0 aliphatic carbocycles. The predicted octanol–water partition coefficient (Wildman–Crippen LogP) is 2.42. The summed E-state index contributed by atoms with van der Waals surface area (Å²) in [6, 6.07) is 5.72. The monoisotopic (exact) mass is 326 g/mol. The number of likely N-dealkylation sites (tertiary alicyclic amines) is 1. The van der Waals surface area contributed by atoms with E-state index in [1.165, 1.54) is 0 Å². The second kappa shape index (κ2) is 6.86. The normalized spacial score (nSPS) is 17.6. The molecule has 1 fully saturated rings. The van der Waals surface area contributed by atoms with Crippen molar-refractivity contribution in [1.82, 2.24) is 14.5 Å². The first-order chi connectivity index (χ1) is 11.6. The Morgan fingerprint density at radius 3 is 2.83 bits per heavy atom. The first-order valence-electron chi connectivity index (χ1n) is 8.21. The molecule has 2 amide bonds. The average Bonchev–Trinajstić information content (AvgIpc) is 3.00. The first-order valence-corrected chi connectivity index (χ1v) is 8.21. The molecule has 3 heterocycles. The molecular formula is C18H22N4O2. The zero-order chi connectivity index (χ0) is 17.1. The highest BCUT2D eigenvalue weighted by Crippen LogP contribution is 2.31. The van der Waals surface area contributed by atoms with Gasteiger partial charge in [0.25, 0.3) is 0 Å². The molecular weight excluding hydrogens is 304 g/mol. The van der Waals surface area contributed by atoms with Crippen LogP contribution in [0, 0.1) is 6.92 Å². The van der Waals surface area contributed by atoms with Gasteiger partial charge in [0.2, 0.25) is 0 Å². The summed E-state index contributed by atoms with van der Waals surface area (Å²) in [6.45, 7) is 2.49. The predicted molar refractivity (Wildman–Crippen MR) is 91.3 cm³/mol. The van der Waals surface area contributed by atoms with E-state index in [0.717, 1.165) is 30.5 Å². The summed E-state index contributed by atoms with van der Waals surface area (Å²) in [5.74, 6) is -1.09. The molecule has 1 N–H and O–H groups in total. The summed E-state index contributed by atoms with van der Waals surface area (Å²) in [4.78, 5) is 30.8. The van der Waals surface area contributed by atoms with Crippen molar-refractivity contribution >= 4 is 17.5 Å². The highest BCUT2D eigenvalue weighted by molar-refractivity contribution is 6.39. The third-order valence-electron chi connectivity index (χ3n) is 4.42. The SMILES string of the molecule is Cc1cncc(NC(=O)C(=O)N2CCCC[C@@H]2c2cccn2C)c1. The van der Waals surface area contributed by atoms with Gasteiger partial charge < -0.3 is 14.8 Å². The van der Waals surface area contributed by atoms with Crippen LogP contribution in [0.15, 0.2) is 36.8 Å². The highest BCUT2D eigenvalue weighted by atomic mass is 16.2. The lowest BCUT2D eigenvalue weighted by molar-refractivity contribution is -0.146. The van der Waals surface area contributed by atoms with E-state index in [2.05, 4.69) is 10.3 Å². The number of carbonyl (C=O) groups excluding carboxylic acids is 2. The molecule has 126 valence electrons. The quantitative estimate of drug-likeness (QED) is 0.862. The van der Waals surface area contributed by atoms with Crippen LogP contribution in [0.4, 0.5) is 5.69 Å². The number of aromatic nitrogens is 2. The summed E-state index contributed by atoms with van der Waals surface area (Å²) < 4.78 is 2.01. The standard InChI is InChI=1S/C18H22N4O2/c1-13-10-14(12-19-11-13)20-17(23)18(24)22-9-4-3-6-16(22)15-7-5-8-21(15)2/h5,7-8,10-12,16H,3-4,6,9H2,1-2H3,(H,20,23)/t16-/m1/s1. The number of rotatable bonds is 2. The molecule has 6 nitrogen and oxygen atoms in total. The van der Waals surface area contributed by atoms with Gasteiger partial charge in [-0.2, -0.15) is 0 Å². The number of hydrogen-bond donors (Lipinski definition) is 1. The van der Waals surface area contributed by atoms with Gasteiger partial charge in [0.1, 0.15) is 0 Å². The molecule has 24 heavy (non-hydrogen) atoms. The van der Waals surface area contributed by atoms with Crippen LogP contribution in [0.3, 0.4) is 0 Å². The van der Waals surface area contributed by atoms with Gasteiger partial charge in [0.15, 0.2) is 0 Å². The average molecular weight is 326 g/mol. The Morgan fingerprint density at radius 1 is 1.29 bits per heavy atom. The van der Waals surface area contributed by atoms with Crippen LogP contribution in [0.5, 0.6) is 0 Å². The molecule has 0 radical (unpaired) electrons. The lowest BCUT2D eigenvalue weighted by Crippen LogP contribution is -2.44. The van der Waals surface area contributed by atoms with Gasteiger partial charge in [-0.15, -0.1) is 0 Å². The van der Waals surface area contributed by atoms with Crippen molar-refractivity contribution in [3.63, 3.8) is 0 Å². The van der Waals surface area contributed by atoms with Gasteiger partial charge in [-0.3, -0.25) is 14.6 Å². The number of piperidine rings is 1. The Kier molecular flexibility index (Phi) is 4.64. The molecule has 0 aromatic carbocycles.